The van der Waals surface area contributed by atoms with Crippen molar-refractivity contribution in [3.63, 3.8) is 0 Å². The summed E-state index contributed by atoms with van der Waals surface area (Å²) in [7, 11) is 0. The summed E-state index contributed by atoms with van der Waals surface area (Å²) in [5.74, 6) is 0. The molecule has 0 aliphatic carbocycles. The molecule has 1 heterocycles. The van der Waals surface area contributed by atoms with Gasteiger partial charge in [-0.2, -0.15) is 0 Å². The molecule has 1 aliphatic rings. The summed E-state index contributed by atoms with van der Waals surface area (Å²) in [6.45, 7) is 4.35. The number of hydrogen-bond acceptors (Lipinski definition) is 3. The zero-order valence-electron chi connectivity index (χ0n) is 12.2. The fourth-order valence-corrected chi connectivity index (χ4v) is 2.84. The fourth-order valence-electron chi connectivity index (χ4n) is 2.84. The lowest BCUT2D eigenvalue weighted by Gasteiger charge is -2.38. The van der Waals surface area contributed by atoms with Gasteiger partial charge in [0.1, 0.15) is 6.23 Å². The molecule has 1 N–H and O–H groups in total. The summed E-state index contributed by atoms with van der Waals surface area (Å²) in [4.78, 5) is 4.47. The van der Waals surface area contributed by atoms with E-state index in [0.29, 0.717) is 6.54 Å². The Labute approximate surface area is 126 Å². The Bertz CT molecular complexity index is 544. The summed E-state index contributed by atoms with van der Waals surface area (Å²) in [5, 5.41) is 10.4. The van der Waals surface area contributed by atoms with Crippen molar-refractivity contribution >= 4 is 0 Å². The number of β-amino-alcohol motifs (C(OH)–C–C–N with tert-alkyl or cyclic N) is 1. The molecule has 110 valence electrons. The van der Waals surface area contributed by atoms with Crippen LogP contribution in [0, 0.1) is 0 Å². The summed E-state index contributed by atoms with van der Waals surface area (Å²) in [5.41, 5.74) is 2.56. The van der Waals surface area contributed by atoms with Crippen LogP contribution in [0.2, 0.25) is 0 Å². The minimum absolute atomic E-state index is 0.386. The standard InChI is InChI=1S/C18H22N2O/c21-18-15-19(13-16-7-3-1-4-8-16)11-12-20(18)14-17-9-5-2-6-10-17/h1-10,18,21H,11-15H2. The van der Waals surface area contributed by atoms with Gasteiger partial charge in [-0.1, -0.05) is 60.7 Å². The van der Waals surface area contributed by atoms with Crippen LogP contribution in [0.4, 0.5) is 0 Å². The molecule has 1 unspecified atom stereocenters. The Balaban J connectivity index is 1.54. The highest BCUT2D eigenvalue weighted by Crippen LogP contribution is 2.14. The highest BCUT2D eigenvalue weighted by Gasteiger charge is 2.24. The number of hydrogen-bond donors (Lipinski definition) is 1. The lowest BCUT2D eigenvalue weighted by Crippen LogP contribution is -2.52. The first-order valence-corrected chi connectivity index (χ1v) is 7.53. The minimum Gasteiger partial charge on any atom is -0.377 e. The largest absolute Gasteiger partial charge is 0.377 e. The van der Waals surface area contributed by atoms with Crippen molar-refractivity contribution in [1.82, 2.24) is 9.80 Å². The highest BCUT2D eigenvalue weighted by molar-refractivity contribution is 5.15. The Kier molecular flexibility index (Phi) is 4.65. The topological polar surface area (TPSA) is 26.7 Å². The van der Waals surface area contributed by atoms with Gasteiger partial charge < -0.3 is 5.11 Å². The fraction of sp³-hybridized carbons (Fsp3) is 0.333. The van der Waals surface area contributed by atoms with Crippen molar-refractivity contribution in [3.8, 4) is 0 Å². The first kappa shape index (κ1) is 14.3. The van der Waals surface area contributed by atoms with Crippen LogP contribution in [0.15, 0.2) is 60.7 Å². The molecule has 0 aromatic heterocycles. The minimum atomic E-state index is -0.386. The van der Waals surface area contributed by atoms with E-state index >= 15 is 0 Å². The number of aliphatic hydroxyl groups excluding tert-OH is 1. The molecule has 1 aliphatic heterocycles. The average molecular weight is 282 g/mol. The van der Waals surface area contributed by atoms with Gasteiger partial charge in [-0.05, 0) is 11.1 Å². The van der Waals surface area contributed by atoms with Gasteiger partial charge in [-0.3, -0.25) is 9.80 Å². The molecule has 3 rings (SSSR count). The Morgan fingerprint density at radius 2 is 1.38 bits per heavy atom. The van der Waals surface area contributed by atoms with Gasteiger partial charge in [0.05, 0.1) is 0 Å². The highest BCUT2D eigenvalue weighted by atomic mass is 16.3. The predicted molar refractivity (Wildman–Crippen MR) is 84.6 cm³/mol. The second kappa shape index (κ2) is 6.85. The quantitative estimate of drug-likeness (QED) is 0.932. The normalized spacial score (nSPS) is 20.5. The molecule has 2 aromatic rings. The second-order valence-electron chi connectivity index (χ2n) is 5.66. The number of piperazine rings is 1. The van der Waals surface area contributed by atoms with Gasteiger partial charge in [-0.15, -0.1) is 0 Å². The van der Waals surface area contributed by atoms with Crippen molar-refractivity contribution in [2.75, 3.05) is 19.6 Å². The molecule has 1 saturated heterocycles. The van der Waals surface area contributed by atoms with Crippen LogP contribution in [0.3, 0.4) is 0 Å². The first-order chi connectivity index (χ1) is 10.3. The summed E-state index contributed by atoms with van der Waals surface area (Å²) in [6.07, 6.45) is -0.386. The van der Waals surface area contributed by atoms with Crippen molar-refractivity contribution in [2.45, 2.75) is 19.3 Å². The second-order valence-corrected chi connectivity index (χ2v) is 5.66. The molecule has 3 nitrogen and oxygen atoms in total. The van der Waals surface area contributed by atoms with E-state index in [4.69, 9.17) is 0 Å². The van der Waals surface area contributed by atoms with Crippen LogP contribution in [0.1, 0.15) is 11.1 Å². The van der Waals surface area contributed by atoms with E-state index in [1.165, 1.54) is 11.1 Å². The van der Waals surface area contributed by atoms with Gasteiger partial charge in [0.2, 0.25) is 0 Å². The SMILES string of the molecule is OC1CN(Cc2ccccc2)CCN1Cc1ccccc1. The summed E-state index contributed by atoms with van der Waals surface area (Å²) in [6, 6.07) is 20.8. The van der Waals surface area contributed by atoms with Crippen LogP contribution in [0.5, 0.6) is 0 Å². The summed E-state index contributed by atoms with van der Waals surface area (Å²) < 4.78 is 0. The molecular formula is C18H22N2O. The molecule has 0 amide bonds. The molecule has 1 atom stereocenters. The van der Waals surface area contributed by atoms with Crippen molar-refractivity contribution in [1.29, 1.82) is 0 Å². The zero-order valence-corrected chi connectivity index (χ0v) is 12.2. The van der Waals surface area contributed by atoms with Gasteiger partial charge in [-0.25, -0.2) is 0 Å². The number of nitrogens with zero attached hydrogens (tertiary/aromatic N) is 2. The van der Waals surface area contributed by atoms with Crippen LogP contribution < -0.4 is 0 Å². The van der Waals surface area contributed by atoms with E-state index in [1.54, 1.807) is 0 Å². The van der Waals surface area contributed by atoms with Gasteiger partial charge in [0.15, 0.2) is 0 Å². The van der Waals surface area contributed by atoms with Crippen molar-refractivity contribution < 1.29 is 5.11 Å². The van der Waals surface area contributed by atoms with Gasteiger partial charge in [0, 0.05) is 32.7 Å². The van der Waals surface area contributed by atoms with E-state index in [9.17, 15) is 5.11 Å². The maximum Gasteiger partial charge on any atom is 0.120 e. The molecule has 21 heavy (non-hydrogen) atoms. The first-order valence-electron chi connectivity index (χ1n) is 7.53. The lowest BCUT2D eigenvalue weighted by atomic mass is 10.1. The zero-order chi connectivity index (χ0) is 14.5. The molecule has 3 heteroatoms. The van der Waals surface area contributed by atoms with Crippen LogP contribution in [-0.4, -0.2) is 40.8 Å². The van der Waals surface area contributed by atoms with E-state index in [-0.39, 0.29) is 6.23 Å². The third kappa shape index (κ3) is 3.91. The van der Waals surface area contributed by atoms with Crippen LogP contribution in [-0.2, 0) is 13.1 Å². The third-order valence-corrected chi connectivity index (χ3v) is 4.02. The Morgan fingerprint density at radius 3 is 1.95 bits per heavy atom. The number of aliphatic hydroxyl groups is 1. The lowest BCUT2D eigenvalue weighted by molar-refractivity contribution is -0.0626. The van der Waals surface area contributed by atoms with E-state index < -0.39 is 0 Å². The van der Waals surface area contributed by atoms with Crippen molar-refractivity contribution in [2.24, 2.45) is 0 Å². The molecule has 0 radical (unpaired) electrons. The molecule has 1 fully saturated rings. The maximum atomic E-state index is 10.4. The molecular weight excluding hydrogens is 260 g/mol. The molecule has 0 bridgehead atoms. The van der Waals surface area contributed by atoms with Crippen molar-refractivity contribution in [3.05, 3.63) is 71.8 Å². The number of benzene rings is 2. The Hall–Kier alpha value is -1.68. The van der Waals surface area contributed by atoms with Gasteiger partial charge >= 0.3 is 0 Å². The molecule has 2 aromatic carbocycles. The van der Waals surface area contributed by atoms with E-state index in [2.05, 4.69) is 46.2 Å². The number of rotatable bonds is 4. The predicted octanol–water partition coefficient (Wildman–Crippen LogP) is 2.32. The smallest absolute Gasteiger partial charge is 0.120 e. The van der Waals surface area contributed by atoms with Crippen LogP contribution in [0.25, 0.3) is 0 Å². The van der Waals surface area contributed by atoms with Crippen LogP contribution >= 0.6 is 0 Å². The monoisotopic (exact) mass is 282 g/mol. The average Bonchev–Trinajstić information content (AvgIpc) is 2.52. The molecule has 0 spiro atoms. The van der Waals surface area contributed by atoms with E-state index in [1.807, 2.05) is 24.3 Å². The Morgan fingerprint density at radius 1 is 0.810 bits per heavy atom. The van der Waals surface area contributed by atoms with E-state index in [0.717, 1.165) is 26.2 Å². The summed E-state index contributed by atoms with van der Waals surface area (Å²) >= 11 is 0. The third-order valence-electron chi connectivity index (χ3n) is 4.02. The maximum absolute atomic E-state index is 10.4. The van der Waals surface area contributed by atoms with Gasteiger partial charge in [0.25, 0.3) is 0 Å². The molecule has 0 saturated carbocycles.